The van der Waals surface area contributed by atoms with Crippen molar-refractivity contribution >= 4 is 0 Å². The van der Waals surface area contributed by atoms with E-state index in [4.69, 9.17) is 5.73 Å². The highest BCUT2D eigenvalue weighted by Gasteiger charge is 2.46. The summed E-state index contributed by atoms with van der Waals surface area (Å²) in [7, 11) is 2.23. The summed E-state index contributed by atoms with van der Waals surface area (Å²) >= 11 is 0. The lowest BCUT2D eigenvalue weighted by Gasteiger charge is -2.43. The first-order chi connectivity index (χ1) is 7.73. The molecule has 1 saturated carbocycles. The van der Waals surface area contributed by atoms with E-state index in [-0.39, 0.29) is 0 Å². The lowest BCUT2D eigenvalue weighted by molar-refractivity contribution is 0.0725. The molecule has 2 N–H and O–H groups in total. The summed E-state index contributed by atoms with van der Waals surface area (Å²) in [4.78, 5) is 5.15. The summed E-state index contributed by atoms with van der Waals surface area (Å²) in [5.41, 5.74) is 6.45. The van der Waals surface area contributed by atoms with Crippen molar-refractivity contribution in [3.63, 3.8) is 0 Å². The summed E-state index contributed by atoms with van der Waals surface area (Å²) in [6.07, 6.45) is 5.32. The van der Waals surface area contributed by atoms with E-state index in [1.165, 1.54) is 51.9 Å². The second-order valence-electron chi connectivity index (χ2n) is 5.58. The molecule has 3 heteroatoms. The Morgan fingerprint density at radius 1 is 1.19 bits per heavy atom. The van der Waals surface area contributed by atoms with Gasteiger partial charge in [0.2, 0.25) is 0 Å². The molecule has 1 aliphatic carbocycles. The van der Waals surface area contributed by atoms with Crippen molar-refractivity contribution in [2.75, 3.05) is 39.8 Å². The molecule has 94 valence electrons. The van der Waals surface area contributed by atoms with Crippen LogP contribution in [0.2, 0.25) is 0 Å². The Morgan fingerprint density at radius 2 is 1.94 bits per heavy atom. The normalized spacial score (nSPS) is 28.7. The fourth-order valence-corrected chi connectivity index (χ4v) is 3.32. The Hall–Kier alpha value is -0.120. The molecule has 1 atom stereocenters. The zero-order chi connectivity index (χ0) is 11.6. The molecule has 3 nitrogen and oxygen atoms in total. The van der Waals surface area contributed by atoms with E-state index in [2.05, 4.69) is 23.8 Å². The van der Waals surface area contributed by atoms with Gasteiger partial charge in [-0.1, -0.05) is 6.92 Å². The average molecular weight is 225 g/mol. The van der Waals surface area contributed by atoms with Gasteiger partial charge in [0.1, 0.15) is 0 Å². The first-order valence-corrected chi connectivity index (χ1v) is 6.86. The Balaban J connectivity index is 2.06. The van der Waals surface area contributed by atoms with E-state index < -0.39 is 0 Å². The highest BCUT2D eigenvalue weighted by Crippen LogP contribution is 2.44. The van der Waals surface area contributed by atoms with Crippen LogP contribution in [-0.4, -0.2) is 55.1 Å². The SMILES string of the molecule is CCC(CN)(C1CC1)N1CCCN(C)CC1. The smallest absolute Gasteiger partial charge is 0.0357 e. The molecule has 0 radical (unpaired) electrons. The maximum absolute atomic E-state index is 6.12. The van der Waals surface area contributed by atoms with E-state index in [1.54, 1.807) is 0 Å². The molecule has 0 aromatic heterocycles. The largest absolute Gasteiger partial charge is 0.329 e. The van der Waals surface area contributed by atoms with Crippen LogP contribution in [0.3, 0.4) is 0 Å². The van der Waals surface area contributed by atoms with Gasteiger partial charge >= 0.3 is 0 Å². The maximum atomic E-state index is 6.12. The maximum Gasteiger partial charge on any atom is 0.0357 e. The molecule has 0 amide bonds. The lowest BCUT2D eigenvalue weighted by Crippen LogP contribution is -2.56. The van der Waals surface area contributed by atoms with Crippen LogP contribution in [0.5, 0.6) is 0 Å². The number of likely N-dealkylation sites (N-methyl/N-ethyl adjacent to an activating group) is 1. The number of nitrogens with two attached hydrogens (primary N) is 1. The Labute approximate surface area is 100.0 Å². The standard InChI is InChI=1S/C13H27N3/c1-3-13(11-14,12-5-6-12)16-8-4-7-15(2)9-10-16/h12H,3-11,14H2,1-2H3. The first-order valence-electron chi connectivity index (χ1n) is 6.86. The van der Waals surface area contributed by atoms with Gasteiger partial charge in [-0.25, -0.2) is 0 Å². The van der Waals surface area contributed by atoms with Gasteiger partial charge in [-0.15, -0.1) is 0 Å². The third kappa shape index (κ3) is 2.27. The molecule has 1 saturated heterocycles. The van der Waals surface area contributed by atoms with Crippen molar-refractivity contribution in [3.05, 3.63) is 0 Å². The first kappa shape index (κ1) is 12.3. The van der Waals surface area contributed by atoms with Crippen molar-refractivity contribution in [2.24, 2.45) is 11.7 Å². The number of nitrogens with zero attached hydrogens (tertiary/aromatic N) is 2. The Morgan fingerprint density at radius 3 is 2.50 bits per heavy atom. The monoisotopic (exact) mass is 225 g/mol. The van der Waals surface area contributed by atoms with Gasteiger partial charge in [0, 0.05) is 31.7 Å². The van der Waals surface area contributed by atoms with Crippen molar-refractivity contribution < 1.29 is 0 Å². The molecule has 2 aliphatic rings. The Kier molecular flexibility index (Phi) is 3.88. The topological polar surface area (TPSA) is 32.5 Å². The summed E-state index contributed by atoms with van der Waals surface area (Å²) in [5.74, 6) is 0.880. The van der Waals surface area contributed by atoms with E-state index >= 15 is 0 Å². The molecular formula is C13H27N3. The highest BCUT2D eigenvalue weighted by atomic mass is 15.3. The van der Waals surface area contributed by atoms with E-state index in [9.17, 15) is 0 Å². The molecule has 2 rings (SSSR count). The van der Waals surface area contributed by atoms with Crippen LogP contribution in [0.1, 0.15) is 32.6 Å². The van der Waals surface area contributed by atoms with Crippen molar-refractivity contribution in [1.82, 2.24) is 9.80 Å². The van der Waals surface area contributed by atoms with Crippen LogP contribution in [-0.2, 0) is 0 Å². The summed E-state index contributed by atoms with van der Waals surface area (Å²) < 4.78 is 0. The van der Waals surface area contributed by atoms with Gasteiger partial charge in [-0.3, -0.25) is 4.90 Å². The van der Waals surface area contributed by atoms with Gasteiger partial charge in [0.05, 0.1) is 0 Å². The van der Waals surface area contributed by atoms with Crippen LogP contribution in [0, 0.1) is 5.92 Å². The minimum Gasteiger partial charge on any atom is -0.329 e. The van der Waals surface area contributed by atoms with Crippen LogP contribution in [0.25, 0.3) is 0 Å². The molecule has 1 unspecified atom stereocenters. The zero-order valence-corrected chi connectivity index (χ0v) is 10.9. The van der Waals surface area contributed by atoms with Crippen LogP contribution >= 0.6 is 0 Å². The van der Waals surface area contributed by atoms with Crippen LogP contribution in [0.15, 0.2) is 0 Å². The van der Waals surface area contributed by atoms with Gasteiger partial charge in [-0.05, 0) is 45.2 Å². The third-order valence-electron chi connectivity index (χ3n) is 4.65. The molecule has 0 spiro atoms. The van der Waals surface area contributed by atoms with Gasteiger partial charge in [0.25, 0.3) is 0 Å². The fraction of sp³-hybridized carbons (Fsp3) is 1.00. The van der Waals surface area contributed by atoms with Crippen LogP contribution in [0.4, 0.5) is 0 Å². The lowest BCUT2D eigenvalue weighted by atomic mass is 9.87. The fourth-order valence-electron chi connectivity index (χ4n) is 3.32. The van der Waals surface area contributed by atoms with Gasteiger partial charge in [0.15, 0.2) is 0 Å². The molecule has 1 aliphatic heterocycles. The summed E-state index contributed by atoms with van der Waals surface area (Å²) in [5, 5.41) is 0. The second kappa shape index (κ2) is 5.03. The highest BCUT2D eigenvalue weighted by molar-refractivity contribution is 5.03. The van der Waals surface area contributed by atoms with E-state index in [1.807, 2.05) is 0 Å². The van der Waals surface area contributed by atoms with E-state index in [0.29, 0.717) is 5.54 Å². The molecule has 2 fully saturated rings. The quantitative estimate of drug-likeness (QED) is 0.779. The van der Waals surface area contributed by atoms with Crippen molar-refractivity contribution in [3.8, 4) is 0 Å². The van der Waals surface area contributed by atoms with Crippen molar-refractivity contribution in [1.29, 1.82) is 0 Å². The van der Waals surface area contributed by atoms with Crippen molar-refractivity contribution in [2.45, 2.75) is 38.1 Å². The zero-order valence-electron chi connectivity index (χ0n) is 10.9. The average Bonchev–Trinajstić information content (AvgIpc) is 3.10. The minimum atomic E-state index is 0.325. The van der Waals surface area contributed by atoms with Gasteiger partial charge in [-0.2, -0.15) is 0 Å². The minimum absolute atomic E-state index is 0.325. The van der Waals surface area contributed by atoms with E-state index in [0.717, 1.165) is 12.5 Å². The number of hydrogen-bond acceptors (Lipinski definition) is 3. The molecule has 0 aromatic carbocycles. The molecular weight excluding hydrogens is 198 g/mol. The third-order valence-corrected chi connectivity index (χ3v) is 4.65. The summed E-state index contributed by atoms with van der Waals surface area (Å²) in [6.45, 7) is 8.06. The van der Waals surface area contributed by atoms with Crippen LogP contribution < -0.4 is 5.73 Å². The molecule has 16 heavy (non-hydrogen) atoms. The molecule has 1 heterocycles. The molecule has 0 bridgehead atoms. The van der Waals surface area contributed by atoms with Gasteiger partial charge < -0.3 is 10.6 Å². The number of hydrogen-bond donors (Lipinski definition) is 1. The second-order valence-corrected chi connectivity index (χ2v) is 5.58. The Bertz CT molecular complexity index is 221. The predicted octanol–water partition coefficient (Wildman–Crippen LogP) is 1.14. The number of rotatable bonds is 4. The molecule has 0 aromatic rings. The predicted molar refractivity (Wildman–Crippen MR) is 68.5 cm³/mol. The summed E-state index contributed by atoms with van der Waals surface area (Å²) in [6, 6.07) is 0.